The van der Waals surface area contributed by atoms with Gasteiger partial charge in [0.05, 0.1) is 30.3 Å². The molecule has 1 aromatic carbocycles. The van der Waals surface area contributed by atoms with Gasteiger partial charge in [0.25, 0.3) is 5.91 Å². The molecule has 2 aliphatic rings. The van der Waals surface area contributed by atoms with Gasteiger partial charge in [-0.15, -0.1) is 0 Å². The molecule has 0 spiro atoms. The Kier molecular flexibility index (Phi) is 3.79. The summed E-state index contributed by atoms with van der Waals surface area (Å²) in [4.78, 5) is 14.0. The number of carbonyl (C=O) groups is 1. The largest absolute Gasteiger partial charge is 0.373 e. The molecule has 2 aliphatic heterocycles. The monoisotopic (exact) mass is 377 g/mol. The van der Waals surface area contributed by atoms with Gasteiger partial charge in [-0.3, -0.25) is 4.79 Å². The maximum Gasteiger partial charge on any atom is 0.254 e. The van der Waals surface area contributed by atoms with Gasteiger partial charge in [0, 0.05) is 16.6 Å². The normalized spacial score (nSPS) is 27.4. The van der Waals surface area contributed by atoms with Crippen LogP contribution in [0.15, 0.2) is 22.7 Å². The lowest BCUT2D eigenvalue weighted by Gasteiger charge is -2.36. The number of benzene rings is 1. The molecule has 0 saturated carbocycles. The van der Waals surface area contributed by atoms with E-state index in [-0.39, 0.29) is 23.0 Å². The van der Waals surface area contributed by atoms with Crippen LogP contribution in [0.2, 0.25) is 0 Å². The summed E-state index contributed by atoms with van der Waals surface area (Å²) >= 11 is 3.15. The second-order valence-electron chi connectivity index (χ2n) is 5.21. The predicted octanol–water partition coefficient (Wildman–Crippen LogP) is 1.23. The van der Waals surface area contributed by atoms with Crippen LogP contribution in [0, 0.1) is 5.82 Å². The number of sulfone groups is 1. The van der Waals surface area contributed by atoms with Gasteiger partial charge in [0.1, 0.15) is 5.82 Å². The molecule has 1 aromatic rings. The second-order valence-corrected chi connectivity index (χ2v) is 8.28. The Bertz CT molecular complexity index is 673. The summed E-state index contributed by atoms with van der Waals surface area (Å²) < 4.78 is 42.8. The molecule has 0 N–H and O–H groups in total. The fraction of sp³-hybridized carbons (Fsp3) is 0.462. The van der Waals surface area contributed by atoms with Crippen molar-refractivity contribution in [2.45, 2.75) is 12.1 Å². The number of halogens is 2. The zero-order valence-corrected chi connectivity index (χ0v) is 13.4. The van der Waals surface area contributed by atoms with Crippen LogP contribution in [0.25, 0.3) is 0 Å². The minimum Gasteiger partial charge on any atom is -0.373 e. The quantitative estimate of drug-likeness (QED) is 0.738. The topological polar surface area (TPSA) is 63.7 Å². The van der Waals surface area contributed by atoms with Gasteiger partial charge >= 0.3 is 0 Å². The standard InChI is InChI=1S/C13H13BrFNO4S/c14-9-3-8(4-10(15)5-9)13(17)16-1-2-20-12-7-21(18,19)6-11(12)16/h3-5,11-12H,1-2,6-7H2. The minimum absolute atomic E-state index is 0.0612. The summed E-state index contributed by atoms with van der Waals surface area (Å²) in [5, 5.41) is 0. The first-order valence-electron chi connectivity index (χ1n) is 6.45. The molecule has 2 saturated heterocycles. The summed E-state index contributed by atoms with van der Waals surface area (Å²) in [7, 11) is -3.20. The molecule has 0 aromatic heterocycles. The number of ether oxygens (including phenoxy) is 1. The van der Waals surface area contributed by atoms with Crippen molar-refractivity contribution in [2.75, 3.05) is 24.7 Å². The number of hydrogen-bond acceptors (Lipinski definition) is 4. The van der Waals surface area contributed by atoms with Crippen molar-refractivity contribution in [3.05, 3.63) is 34.1 Å². The number of hydrogen-bond donors (Lipinski definition) is 0. The highest BCUT2D eigenvalue weighted by Crippen LogP contribution is 2.27. The molecule has 2 unspecified atom stereocenters. The molecule has 21 heavy (non-hydrogen) atoms. The van der Waals surface area contributed by atoms with E-state index in [1.54, 1.807) is 0 Å². The average molecular weight is 378 g/mol. The first-order chi connectivity index (χ1) is 9.85. The van der Waals surface area contributed by atoms with Crippen molar-refractivity contribution < 1.29 is 22.3 Å². The molecule has 1 amide bonds. The number of nitrogens with zero attached hydrogens (tertiary/aromatic N) is 1. The fourth-order valence-corrected chi connectivity index (χ4v) is 5.15. The van der Waals surface area contributed by atoms with Gasteiger partial charge in [-0.25, -0.2) is 12.8 Å². The van der Waals surface area contributed by atoms with E-state index >= 15 is 0 Å². The summed E-state index contributed by atoms with van der Waals surface area (Å²) in [6, 6.07) is 3.46. The average Bonchev–Trinajstić information content (AvgIpc) is 2.70. The summed E-state index contributed by atoms with van der Waals surface area (Å²) in [6.45, 7) is 0.600. The third-order valence-corrected chi connectivity index (χ3v) is 5.85. The highest BCUT2D eigenvalue weighted by molar-refractivity contribution is 9.10. The van der Waals surface area contributed by atoms with Crippen LogP contribution in [-0.2, 0) is 14.6 Å². The van der Waals surface area contributed by atoms with Gasteiger partial charge in [0.15, 0.2) is 9.84 Å². The van der Waals surface area contributed by atoms with Crippen molar-refractivity contribution in [1.29, 1.82) is 0 Å². The Morgan fingerprint density at radius 2 is 2.10 bits per heavy atom. The van der Waals surface area contributed by atoms with Crippen LogP contribution in [0.1, 0.15) is 10.4 Å². The van der Waals surface area contributed by atoms with Gasteiger partial charge < -0.3 is 9.64 Å². The lowest BCUT2D eigenvalue weighted by Crippen LogP contribution is -2.53. The first kappa shape index (κ1) is 14.9. The third kappa shape index (κ3) is 2.97. The van der Waals surface area contributed by atoms with Gasteiger partial charge in [0.2, 0.25) is 0 Å². The van der Waals surface area contributed by atoms with Crippen LogP contribution in [0.3, 0.4) is 0 Å². The van der Waals surface area contributed by atoms with Crippen molar-refractivity contribution >= 4 is 31.7 Å². The van der Waals surface area contributed by atoms with Crippen LogP contribution >= 0.6 is 15.9 Å². The van der Waals surface area contributed by atoms with E-state index in [2.05, 4.69) is 15.9 Å². The molecule has 2 atom stereocenters. The van der Waals surface area contributed by atoms with Crippen molar-refractivity contribution in [3.8, 4) is 0 Å². The molecule has 0 radical (unpaired) electrons. The number of carbonyl (C=O) groups excluding carboxylic acids is 1. The molecular weight excluding hydrogens is 365 g/mol. The number of fused-ring (bicyclic) bond motifs is 1. The number of morpholine rings is 1. The third-order valence-electron chi connectivity index (χ3n) is 3.71. The highest BCUT2D eigenvalue weighted by atomic mass is 79.9. The molecule has 2 fully saturated rings. The molecule has 0 bridgehead atoms. The number of rotatable bonds is 1. The molecule has 5 nitrogen and oxygen atoms in total. The molecular formula is C13H13BrFNO4S. The van der Waals surface area contributed by atoms with Crippen LogP contribution in [0.4, 0.5) is 4.39 Å². The minimum atomic E-state index is -3.20. The van der Waals surface area contributed by atoms with Gasteiger partial charge in [-0.05, 0) is 18.2 Å². The van der Waals surface area contributed by atoms with E-state index in [1.165, 1.54) is 17.0 Å². The van der Waals surface area contributed by atoms with Crippen molar-refractivity contribution in [2.24, 2.45) is 0 Å². The zero-order chi connectivity index (χ0) is 15.2. The Morgan fingerprint density at radius 3 is 2.81 bits per heavy atom. The molecule has 0 aliphatic carbocycles. The van der Waals surface area contributed by atoms with E-state index < -0.39 is 27.8 Å². The summed E-state index contributed by atoms with van der Waals surface area (Å²) in [5.41, 5.74) is 0.201. The van der Waals surface area contributed by atoms with Gasteiger partial charge in [-0.2, -0.15) is 0 Å². The Labute approximate surface area is 130 Å². The van der Waals surface area contributed by atoms with E-state index in [0.29, 0.717) is 17.6 Å². The SMILES string of the molecule is O=C(c1cc(F)cc(Br)c1)N1CCOC2CS(=O)(=O)CC21. The van der Waals surface area contributed by atoms with Crippen LogP contribution in [0.5, 0.6) is 0 Å². The maximum absolute atomic E-state index is 13.4. The van der Waals surface area contributed by atoms with Gasteiger partial charge in [-0.1, -0.05) is 15.9 Å². The lowest BCUT2D eigenvalue weighted by molar-refractivity contribution is -0.0361. The maximum atomic E-state index is 13.4. The Balaban J connectivity index is 1.90. The van der Waals surface area contributed by atoms with E-state index in [4.69, 9.17) is 4.74 Å². The van der Waals surface area contributed by atoms with Crippen LogP contribution < -0.4 is 0 Å². The Hall–Kier alpha value is -0.990. The van der Waals surface area contributed by atoms with E-state index in [0.717, 1.165) is 6.07 Å². The lowest BCUT2D eigenvalue weighted by atomic mass is 10.1. The second kappa shape index (κ2) is 5.33. The smallest absolute Gasteiger partial charge is 0.254 e. The van der Waals surface area contributed by atoms with E-state index in [9.17, 15) is 17.6 Å². The van der Waals surface area contributed by atoms with Crippen LogP contribution in [-0.4, -0.2) is 56.0 Å². The zero-order valence-electron chi connectivity index (χ0n) is 11.0. The van der Waals surface area contributed by atoms with Crippen molar-refractivity contribution in [3.63, 3.8) is 0 Å². The van der Waals surface area contributed by atoms with E-state index in [1.807, 2.05) is 0 Å². The number of amides is 1. The highest BCUT2D eigenvalue weighted by Gasteiger charge is 2.45. The molecule has 114 valence electrons. The van der Waals surface area contributed by atoms with Crippen molar-refractivity contribution in [1.82, 2.24) is 4.90 Å². The molecule has 8 heteroatoms. The molecule has 3 rings (SSSR count). The molecule has 2 heterocycles. The fourth-order valence-electron chi connectivity index (χ4n) is 2.81. The first-order valence-corrected chi connectivity index (χ1v) is 9.06. The predicted molar refractivity (Wildman–Crippen MR) is 77.3 cm³/mol. The summed E-state index contributed by atoms with van der Waals surface area (Å²) in [6.07, 6.45) is -0.482. The summed E-state index contributed by atoms with van der Waals surface area (Å²) in [5.74, 6) is -1.05. The Morgan fingerprint density at radius 1 is 1.33 bits per heavy atom.